The Morgan fingerprint density at radius 2 is 1.69 bits per heavy atom. The van der Waals surface area contributed by atoms with Gasteiger partial charge in [0.1, 0.15) is 6.04 Å². The second kappa shape index (κ2) is 10.6. The fourth-order valence-corrected chi connectivity index (χ4v) is 4.31. The number of aryl methyl sites for hydroxylation is 1. The van der Waals surface area contributed by atoms with E-state index < -0.39 is 6.04 Å². The zero-order valence-electron chi connectivity index (χ0n) is 19.2. The Morgan fingerprint density at radius 3 is 2.25 bits per heavy atom. The summed E-state index contributed by atoms with van der Waals surface area (Å²) in [6, 6.07) is 7.16. The molecule has 1 aromatic rings. The highest BCUT2D eigenvalue weighted by Gasteiger charge is 2.47. The molecule has 1 N–H and O–H groups in total. The predicted molar refractivity (Wildman–Crippen MR) is 121 cm³/mol. The zero-order chi connectivity index (χ0) is 23.3. The smallest absolute Gasteiger partial charge is 0.242 e. The lowest BCUT2D eigenvalue weighted by molar-refractivity contribution is -0.143. The number of nitrogens with one attached hydrogen (secondary N) is 1. The molecule has 172 valence electrons. The van der Waals surface area contributed by atoms with E-state index >= 15 is 0 Å². The highest BCUT2D eigenvalue weighted by molar-refractivity contribution is 6.05. The molecular formula is C25H33N3O4. The van der Waals surface area contributed by atoms with Crippen molar-refractivity contribution in [1.82, 2.24) is 15.1 Å². The largest absolute Gasteiger partial charge is 0.354 e. The number of hydrogen-bond donors (Lipinski definition) is 1. The Bertz CT molecular complexity index is 867. The molecule has 3 rings (SSSR count). The maximum Gasteiger partial charge on any atom is 0.242 e. The number of nitrogens with zero attached hydrogens (tertiary/aromatic N) is 2. The van der Waals surface area contributed by atoms with Crippen LogP contribution in [-0.2, 0) is 25.7 Å². The number of likely N-dealkylation sites (tertiary alicyclic amines) is 1. The second-order valence-electron chi connectivity index (χ2n) is 8.71. The van der Waals surface area contributed by atoms with Crippen LogP contribution >= 0.6 is 0 Å². The molecule has 1 aromatic carbocycles. The highest BCUT2D eigenvalue weighted by Crippen LogP contribution is 2.35. The number of hydrogen-bond acceptors (Lipinski definition) is 4. The minimum absolute atomic E-state index is 0.00159. The van der Waals surface area contributed by atoms with Crippen molar-refractivity contribution in [2.45, 2.75) is 59.0 Å². The Balaban J connectivity index is 1.70. The van der Waals surface area contributed by atoms with Crippen molar-refractivity contribution in [1.29, 1.82) is 0 Å². The van der Waals surface area contributed by atoms with Crippen LogP contribution in [0.2, 0.25) is 0 Å². The molecule has 1 aliphatic carbocycles. The molecule has 1 heterocycles. The van der Waals surface area contributed by atoms with Gasteiger partial charge in [0.15, 0.2) is 0 Å². The van der Waals surface area contributed by atoms with Crippen LogP contribution in [0.15, 0.2) is 36.4 Å². The predicted octanol–water partition coefficient (Wildman–Crippen LogP) is 2.58. The van der Waals surface area contributed by atoms with Gasteiger partial charge in [-0.2, -0.15) is 0 Å². The summed E-state index contributed by atoms with van der Waals surface area (Å²) in [6.07, 6.45) is 5.85. The molecule has 0 bridgehead atoms. The third kappa shape index (κ3) is 5.26. The van der Waals surface area contributed by atoms with Gasteiger partial charge in [0.05, 0.1) is 11.8 Å². The summed E-state index contributed by atoms with van der Waals surface area (Å²) in [5, 5.41) is 2.85. The van der Waals surface area contributed by atoms with Crippen LogP contribution in [0.3, 0.4) is 0 Å². The van der Waals surface area contributed by atoms with E-state index in [4.69, 9.17) is 0 Å². The lowest BCUT2D eigenvalue weighted by Gasteiger charge is -2.29. The average molecular weight is 440 g/mol. The van der Waals surface area contributed by atoms with Crippen molar-refractivity contribution in [2.24, 2.45) is 11.8 Å². The van der Waals surface area contributed by atoms with E-state index in [2.05, 4.69) is 5.32 Å². The lowest BCUT2D eigenvalue weighted by Crippen LogP contribution is -2.48. The molecule has 2 aliphatic rings. The fourth-order valence-electron chi connectivity index (χ4n) is 4.31. The van der Waals surface area contributed by atoms with Gasteiger partial charge >= 0.3 is 0 Å². The number of imide groups is 1. The van der Waals surface area contributed by atoms with Crippen molar-refractivity contribution in [3.63, 3.8) is 0 Å². The minimum Gasteiger partial charge on any atom is -0.354 e. The van der Waals surface area contributed by atoms with Gasteiger partial charge in [-0.3, -0.25) is 24.1 Å². The molecule has 0 radical (unpaired) electrons. The van der Waals surface area contributed by atoms with Crippen LogP contribution in [0.4, 0.5) is 0 Å². The molecule has 7 heteroatoms. The van der Waals surface area contributed by atoms with Crippen molar-refractivity contribution < 1.29 is 19.2 Å². The van der Waals surface area contributed by atoms with Gasteiger partial charge in [-0.25, -0.2) is 0 Å². The summed E-state index contributed by atoms with van der Waals surface area (Å²) in [7, 11) is 0. The summed E-state index contributed by atoms with van der Waals surface area (Å²) >= 11 is 0. The maximum atomic E-state index is 13.2. The van der Waals surface area contributed by atoms with E-state index in [0.717, 1.165) is 17.5 Å². The van der Waals surface area contributed by atoms with Gasteiger partial charge in [-0.1, -0.05) is 48.9 Å². The fraction of sp³-hybridized carbons (Fsp3) is 0.520. The second-order valence-corrected chi connectivity index (χ2v) is 8.71. The Morgan fingerprint density at radius 1 is 1.09 bits per heavy atom. The Hall–Kier alpha value is -2.96. The molecule has 0 spiro atoms. The van der Waals surface area contributed by atoms with E-state index in [0.29, 0.717) is 19.4 Å². The molecule has 0 aromatic heterocycles. The standard InChI is InChI=1S/C25H33N3O4/c1-4-14-26-23(30)18(3)28(16-19-11-9-17(2)10-12-19)22(29)13-15-27-24(31)20-7-5-6-8-21(20)25(27)32/h5-6,9-12,18,20-21H,4,7-8,13-16H2,1-3H3,(H,26,30)/t18-,20-,21+/m0/s1. The van der Waals surface area contributed by atoms with Gasteiger partial charge in [-0.05, 0) is 38.7 Å². The quantitative estimate of drug-likeness (QED) is 0.473. The molecule has 32 heavy (non-hydrogen) atoms. The third-order valence-electron chi connectivity index (χ3n) is 6.34. The first-order chi connectivity index (χ1) is 15.3. The van der Waals surface area contributed by atoms with E-state index in [1.54, 1.807) is 6.92 Å². The lowest BCUT2D eigenvalue weighted by atomic mass is 9.85. The van der Waals surface area contributed by atoms with Gasteiger partial charge in [0, 0.05) is 26.1 Å². The van der Waals surface area contributed by atoms with E-state index in [1.807, 2.05) is 50.3 Å². The Labute approximate surface area is 189 Å². The number of carbonyl (C=O) groups is 4. The van der Waals surface area contributed by atoms with Crippen molar-refractivity contribution in [3.05, 3.63) is 47.5 Å². The van der Waals surface area contributed by atoms with Crippen LogP contribution < -0.4 is 5.32 Å². The van der Waals surface area contributed by atoms with E-state index in [9.17, 15) is 19.2 Å². The van der Waals surface area contributed by atoms with Crippen molar-refractivity contribution >= 4 is 23.6 Å². The maximum absolute atomic E-state index is 13.2. The number of fused-ring (bicyclic) bond motifs is 1. The van der Waals surface area contributed by atoms with Crippen molar-refractivity contribution in [3.8, 4) is 0 Å². The summed E-state index contributed by atoms with van der Waals surface area (Å²) < 4.78 is 0. The van der Waals surface area contributed by atoms with E-state index in [-0.39, 0.29) is 55.0 Å². The molecule has 3 atom stereocenters. The van der Waals surface area contributed by atoms with Gasteiger partial charge in [0.2, 0.25) is 23.6 Å². The molecule has 0 unspecified atom stereocenters. The van der Waals surface area contributed by atoms with E-state index in [1.165, 1.54) is 9.80 Å². The topological polar surface area (TPSA) is 86.8 Å². The summed E-state index contributed by atoms with van der Waals surface area (Å²) in [5.74, 6) is -1.43. The first kappa shape index (κ1) is 23.7. The van der Waals surface area contributed by atoms with Gasteiger partial charge < -0.3 is 10.2 Å². The van der Waals surface area contributed by atoms with Crippen LogP contribution in [0, 0.1) is 18.8 Å². The summed E-state index contributed by atoms with van der Waals surface area (Å²) in [6.45, 7) is 6.56. The normalized spacial score (nSPS) is 20.8. The number of rotatable bonds is 9. The number of carbonyl (C=O) groups excluding carboxylic acids is 4. The Kier molecular flexibility index (Phi) is 7.83. The first-order valence-corrected chi connectivity index (χ1v) is 11.5. The minimum atomic E-state index is -0.660. The number of amides is 4. The molecule has 1 aliphatic heterocycles. The van der Waals surface area contributed by atoms with Crippen LogP contribution in [0.1, 0.15) is 50.7 Å². The van der Waals surface area contributed by atoms with Gasteiger partial charge in [0.25, 0.3) is 0 Å². The van der Waals surface area contributed by atoms with Gasteiger partial charge in [-0.15, -0.1) is 0 Å². The number of benzene rings is 1. The molecule has 0 saturated carbocycles. The van der Waals surface area contributed by atoms with Crippen molar-refractivity contribution in [2.75, 3.05) is 13.1 Å². The monoisotopic (exact) mass is 439 g/mol. The third-order valence-corrected chi connectivity index (χ3v) is 6.34. The number of allylic oxidation sites excluding steroid dienone is 2. The molecule has 7 nitrogen and oxygen atoms in total. The molecular weight excluding hydrogens is 406 g/mol. The molecule has 1 fully saturated rings. The van der Waals surface area contributed by atoms with Crippen LogP contribution in [-0.4, -0.2) is 52.6 Å². The van der Waals surface area contributed by atoms with Crippen LogP contribution in [0.5, 0.6) is 0 Å². The summed E-state index contributed by atoms with van der Waals surface area (Å²) in [5.41, 5.74) is 2.03. The summed E-state index contributed by atoms with van der Waals surface area (Å²) in [4.78, 5) is 54.0. The molecule has 4 amide bonds. The SMILES string of the molecule is CCCNC(=O)[C@H](C)N(Cc1ccc(C)cc1)C(=O)CCN1C(=O)[C@H]2CC=CC[C@H]2C1=O. The average Bonchev–Trinajstić information content (AvgIpc) is 3.04. The molecule has 1 saturated heterocycles. The van der Waals surface area contributed by atoms with Crippen LogP contribution in [0.25, 0.3) is 0 Å². The zero-order valence-corrected chi connectivity index (χ0v) is 19.2. The highest BCUT2D eigenvalue weighted by atomic mass is 16.2. The first-order valence-electron chi connectivity index (χ1n) is 11.5.